The smallest absolute Gasteiger partial charge is 0.152 e. The van der Waals surface area contributed by atoms with Gasteiger partial charge in [-0.05, 0) is 29.8 Å². The van der Waals surface area contributed by atoms with Crippen molar-refractivity contribution < 1.29 is 9.47 Å². The molecule has 1 aliphatic rings. The van der Waals surface area contributed by atoms with Crippen LogP contribution in [0.15, 0.2) is 66.9 Å². The first-order chi connectivity index (χ1) is 16.0. The molecular weight excluding hydrogens is 414 g/mol. The summed E-state index contributed by atoms with van der Waals surface area (Å²) in [7, 11) is 3.41. The Bertz CT molecular complexity index is 1130. The SMILES string of the molecule is COc1ccccc1C1=CCC(OC)(c2cc(Nc3ccc(CNC(C)C)nc3)n[nH]2)C=C1. The van der Waals surface area contributed by atoms with Crippen LogP contribution in [0.25, 0.3) is 5.57 Å². The van der Waals surface area contributed by atoms with Crippen molar-refractivity contribution in [2.75, 3.05) is 19.5 Å². The van der Waals surface area contributed by atoms with Crippen molar-refractivity contribution in [2.24, 2.45) is 0 Å². The van der Waals surface area contributed by atoms with E-state index >= 15 is 0 Å². The molecule has 172 valence electrons. The highest BCUT2D eigenvalue weighted by atomic mass is 16.5. The molecule has 1 aromatic carbocycles. The van der Waals surface area contributed by atoms with Crippen molar-refractivity contribution in [3.05, 3.63) is 83.8 Å². The lowest BCUT2D eigenvalue weighted by molar-refractivity contribution is 0.0272. The van der Waals surface area contributed by atoms with E-state index in [-0.39, 0.29) is 0 Å². The van der Waals surface area contributed by atoms with E-state index in [9.17, 15) is 0 Å². The first kappa shape index (κ1) is 22.8. The number of hydrogen-bond acceptors (Lipinski definition) is 6. The summed E-state index contributed by atoms with van der Waals surface area (Å²) in [5.74, 6) is 1.56. The number of anilines is 2. The number of nitrogens with one attached hydrogen (secondary N) is 3. The van der Waals surface area contributed by atoms with Gasteiger partial charge in [0.25, 0.3) is 0 Å². The summed E-state index contributed by atoms with van der Waals surface area (Å²) in [4.78, 5) is 4.51. The number of nitrogens with zero attached hydrogens (tertiary/aromatic N) is 2. The molecule has 2 heterocycles. The average Bonchev–Trinajstić information content (AvgIpc) is 3.32. The van der Waals surface area contributed by atoms with Gasteiger partial charge < -0.3 is 20.1 Å². The molecule has 4 rings (SSSR count). The van der Waals surface area contributed by atoms with Gasteiger partial charge in [-0.2, -0.15) is 5.10 Å². The minimum absolute atomic E-state index is 0.426. The van der Waals surface area contributed by atoms with Gasteiger partial charge in [-0.15, -0.1) is 0 Å². The summed E-state index contributed by atoms with van der Waals surface area (Å²) < 4.78 is 11.5. The Hall–Kier alpha value is -3.42. The molecule has 1 atom stereocenters. The zero-order valence-corrected chi connectivity index (χ0v) is 19.6. The Morgan fingerprint density at radius 1 is 1.15 bits per heavy atom. The van der Waals surface area contributed by atoms with Gasteiger partial charge in [-0.1, -0.05) is 44.2 Å². The number of aromatic amines is 1. The summed E-state index contributed by atoms with van der Waals surface area (Å²) in [5.41, 5.74) is 4.32. The van der Waals surface area contributed by atoms with E-state index in [1.165, 1.54) is 0 Å². The molecule has 0 amide bonds. The lowest BCUT2D eigenvalue weighted by atomic mass is 9.86. The largest absolute Gasteiger partial charge is 0.496 e. The van der Waals surface area contributed by atoms with Crippen LogP contribution in [-0.2, 0) is 16.9 Å². The first-order valence-corrected chi connectivity index (χ1v) is 11.1. The molecule has 3 N–H and O–H groups in total. The Balaban J connectivity index is 1.46. The molecule has 7 nitrogen and oxygen atoms in total. The van der Waals surface area contributed by atoms with Crippen molar-refractivity contribution in [3.63, 3.8) is 0 Å². The lowest BCUT2D eigenvalue weighted by Gasteiger charge is -2.30. The second-order valence-electron chi connectivity index (χ2n) is 8.36. The van der Waals surface area contributed by atoms with Crippen LogP contribution in [0.5, 0.6) is 5.75 Å². The summed E-state index contributed by atoms with van der Waals surface area (Å²) in [6, 6.07) is 14.4. The van der Waals surface area contributed by atoms with Crippen molar-refractivity contribution in [1.82, 2.24) is 20.5 Å². The number of ether oxygens (including phenoxy) is 2. The third kappa shape index (κ3) is 5.16. The van der Waals surface area contributed by atoms with Crippen LogP contribution >= 0.6 is 0 Å². The quantitative estimate of drug-likeness (QED) is 0.433. The van der Waals surface area contributed by atoms with Gasteiger partial charge in [0.2, 0.25) is 0 Å². The molecule has 2 aromatic heterocycles. The predicted octanol–water partition coefficient (Wildman–Crippen LogP) is 4.94. The van der Waals surface area contributed by atoms with E-state index in [1.807, 2.05) is 42.6 Å². The predicted molar refractivity (Wildman–Crippen MR) is 131 cm³/mol. The number of benzene rings is 1. The third-order valence-electron chi connectivity index (χ3n) is 5.76. The maximum absolute atomic E-state index is 5.95. The number of rotatable bonds is 9. The fourth-order valence-electron chi connectivity index (χ4n) is 3.83. The molecule has 33 heavy (non-hydrogen) atoms. The van der Waals surface area contributed by atoms with E-state index < -0.39 is 5.60 Å². The zero-order valence-electron chi connectivity index (χ0n) is 19.6. The summed E-state index contributed by atoms with van der Waals surface area (Å²) >= 11 is 0. The fraction of sp³-hybridized carbons (Fsp3) is 0.308. The van der Waals surface area contributed by atoms with Gasteiger partial charge in [-0.3, -0.25) is 10.1 Å². The van der Waals surface area contributed by atoms with Crippen LogP contribution in [0.1, 0.15) is 37.2 Å². The molecule has 7 heteroatoms. The van der Waals surface area contributed by atoms with E-state index in [1.54, 1.807) is 14.2 Å². The van der Waals surface area contributed by atoms with Crippen LogP contribution in [0, 0.1) is 0 Å². The maximum Gasteiger partial charge on any atom is 0.152 e. The standard InChI is InChI=1S/C26H31N5O2/c1-18(2)27-16-20-9-10-21(17-28-20)29-25-15-24(30-31-25)26(33-4)13-11-19(12-14-26)22-7-5-6-8-23(22)32-3/h5-13,15,17-18,27H,14,16H2,1-4H3,(H2,29,30,31). The Morgan fingerprint density at radius 2 is 2.00 bits per heavy atom. The van der Waals surface area contributed by atoms with Gasteiger partial charge in [0.05, 0.1) is 30.4 Å². The third-order valence-corrected chi connectivity index (χ3v) is 5.76. The summed E-state index contributed by atoms with van der Waals surface area (Å²) in [6.45, 7) is 4.99. The number of para-hydroxylation sites is 1. The topological polar surface area (TPSA) is 84.1 Å². The number of hydrogen-bond donors (Lipinski definition) is 3. The van der Waals surface area contributed by atoms with E-state index in [0.29, 0.717) is 18.3 Å². The maximum atomic E-state index is 5.95. The highest BCUT2D eigenvalue weighted by Gasteiger charge is 2.33. The number of allylic oxidation sites excluding steroid dienone is 2. The molecule has 1 aliphatic carbocycles. The minimum atomic E-state index is -0.608. The first-order valence-electron chi connectivity index (χ1n) is 11.1. The molecule has 3 aromatic rings. The van der Waals surface area contributed by atoms with Crippen LogP contribution in [0.2, 0.25) is 0 Å². The van der Waals surface area contributed by atoms with Crippen LogP contribution in [0.4, 0.5) is 11.5 Å². The number of aromatic nitrogens is 3. The average molecular weight is 446 g/mol. The van der Waals surface area contributed by atoms with Crippen molar-refractivity contribution in [1.29, 1.82) is 0 Å². The molecule has 0 bridgehead atoms. The van der Waals surface area contributed by atoms with Crippen molar-refractivity contribution in [2.45, 2.75) is 38.5 Å². The normalized spacial score (nSPS) is 17.8. The second kappa shape index (κ2) is 10.0. The highest BCUT2D eigenvalue weighted by Crippen LogP contribution is 2.38. The molecule has 0 saturated carbocycles. The molecule has 0 fully saturated rings. The summed E-state index contributed by atoms with van der Waals surface area (Å²) in [6.07, 6.45) is 8.81. The van der Waals surface area contributed by atoms with Gasteiger partial charge in [0.1, 0.15) is 11.4 Å². The minimum Gasteiger partial charge on any atom is -0.496 e. The Labute approximate surface area is 194 Å². The van der Waals surface area contributed by atoms with E-state index in [0.717, 1.165) is 40.5 Å². The second-order valence-corrected chi connectivity index (χ2v) is 8.36. The molecule has 0 radical (unpaired) electrons. The molecule has 0 saturated heterocycles. The number of pyridine rings is 1. The molecule has 0 spiro atoms. The van der Waals surface area contributed by atoms with Crippen molar-refractivity contribution in [3.8, 4) is 5.75 Å². The number of methoxy groups -OCH3 is 2. The molecular formula is C26H31N5O2. The van der Waals surface area contributed by atoms with Gasteiger partial charge in [-0.25, -0.2) is 0 Å². The number of H-pyrrole nitrogens is 1. The van der Waals surface area contributed by atoms with Gasteiger partial charge in [0.15, 0.2) is 5.82 Å². The zero-order chi connectivity index (χ0) is 23.3. The Morgan fingerprint density at radius 3 is 2.67 bits per heavy atom. The molecule has 0 aliphatic heterocycles. The fourth-order valence-corrected chi connectivity index (χ4v) is 3.83. The van der Waals surface area contributed by atoms with Gasteiger partial charge in [0, 0.05) is 37.7 Å². The van der Waals surface area contributed by atoms with Gasteiger partial charge >= 0.3 is 0 Å². The van der Waals surface area contributed by atoms with Crippen LogP contribution in [0.3, 0.4) is 0 Å². The lowest BCUT2D eigenvalue weighted by Crippen LogP contribution is -2.27. The van der Waals surface area contributed by atoms with Crippen LogP contribution < -0.4 is 15.4 Å². The van der Waals surface area contributed by atoms with Crippen molar-refractivity contribution >= 4 is 17.1 Å². The van der Waals surface area contributed by atoms with E-state index in [2.05, 4.69) is 64.0 Å². The summed E-state index contributed by atoms with van der Waals surface area (Å²) in [5, 5.41) is 14.2. The van der Waals surface area contributed by atoms with Crippen LogP contribution in [-0.4, -0.2) is 35.4 Å². The van der Waals surface area contributed by atoms with E-state index in [4.69, 9.17) is 9.47 Å². The molecule has 1 unspecified atom stereocenters. The Kier molecular flexibility index (Phi) is 6.91. The monoisotopic (exact) mass is 445 g/mol. The highest BCUT2D eigenvalue weighted by molar-refractivity contribution is 5.79.